The second kappa shape index (κ2) is 14.0. The molecule has 2 N–H and O–H groups in total. The molecule has 2 aromatic carbocycles. The maximum Gasteiger partial charge on any atom is 0.282 e. The van der Waals surface area contributed by atoms with Crippen molar-refractivity contribution in [2.24, 2.45) is 0 Å². The predicted molar refractivity (Wildman–Crippen MR) is 183 cm³/mol. The molecule has 2 heterocycles. The number of nitrogens with zero attached hydrogens (tertiary/aromatic N) is 4. The summed E-state index contributed by atoms with van der Waals surface area (Å²) in [4.78, 5) is 3.96. The van der Waals surface area contributed by atoms with Gasteiger partial charge in [0.2, 0.25) is 0 Å². The molecule has 246 valence electrons. The fraction of sp³-hybridized carbons (Fsp3) is 0.414. The van der Waals surface area contributed by atoms with Crippen LogP contribution < -0.4 is 14.4 Å². The highest BCUT2D eigenvalue weighted by Crippen LogP contribution is 2.45. The molecule has 4 rings (SSSR count). The van der Waals surface area contributed by atoms with E-state index in [0.29, 0.717) is 33.2 Å². The minimum atomic E-state index is -4.23. The van der Waals surface area contributed by atoms with Gasteiger partial charge < -0.3 is 9.80 Å². The second-order valence-electron chi connectivity index (χ2n) is 10.8. The Labute approximate surface area is 283 Å². The molecule has 10 nitrogen and oxygen atoms in total. The summed E-state index contributed by atoms with van der Waals surface area (Å²) in [5.74, 6) is 1.47. The lowest BCUT2D eigenvalue weighted by Crippen LogP contribution is -2.38. The zero-order valence-corrected chi connectivity index (χ0v) is 29.7. The zero-order valence-electron chi connectivity index (χ0n) is 25.1. The molecule has 0 saturated carbocycles. The third-order valence-electron chi connectivity index (χ3n) is 7.96. The molecule has 45 heavy (non-hydrogen) atoms. The molecule has 2 atom stereocenters. The molecule has 1 aliphatic rings. The van der Waals surface area contributed by atoms with Crippen LogP contribution in [0.2, 0.25) is 20.1 Å². The van der Waals surface area contributed by atoms with E-state index in [4.69, 9.17) is 46.4 Å². The molecule has 0 amide bonds. The summed E-state index contributed by atoms with van der Waals surface area (Å²) < 4.78 is 70.2. The van der Waals surface area contributed by atoms with Gasteiger partial charge in [0.1, 0.15) is 5.82 Å². The van der Waals surface area contributed by atoms with Crippen molar-refractivity contribution < 1.29 is 30.5 Å². The SMILES string of the molecule is CCN1/C(=C/C=C/c2n(CC)c3cc(Cl)c(Cl)cc3[n+]2CCC(C)S(=O)(=O)O)N(CCC(C)S(=O)(=O)O)c2cc(Cl)c(Cl)cc21. The van der Waals surface area contributed by atoms with Crippen LogP contribution in [0.3, 0.4) is 0 Å². The number of anilines is 2. The lowest BCUT2D eigenvalue weighted by atomic mass is 10.2. The Bertz CT molecular complexity index is 1890. The Balaban J connectivity index is 1.83. The summed E-state index contributed by atoms with van der Waals surface area (Å²) in [5.41, 5.74) is 3.09. The average molecular weight is 742 g/mol. The van der Waals surface area contributed by atoms with Gasteiger partial charge in [-0.3, -0.25) is 9.11 Å². The van der Waals surface area contributed by atoms with Gasteiger partial charge in [0.25, 0.3) is 26.1 Å². The maximum atomic E-state index is 11.8. The largest absolute Gasteiger partial charge is 0.326 e. The van der Waals surface area contributed by atoms with Gasteiger partial charge in [-0.1, -0.05) is 52.5 Å². The Morgan fingerprint density at radius 1 is 0.800 bits per heavy atom. The minimum Gasteiger partial charge on any atom is -0.326 e. The number of hydrogen-bond acceptors (Lipinski definition) is 6. The van der Waals surface area contributed by atoms with Crippen LogP contribution >= 0.6 is 46.4 Å². The highest BCUT2D eigenvalue weighted by molar-refractivity contribution is 7.86. The average Bonchev–Trinajstić information content (AvgIpc) is 3.39. The van der Waals surface area contributed by atoms with E-state index in [-0.39, 0.29) is 25.9 Å². The maximum absolute atomic E-state index is 11.8. The first-order chi connectivity index (χ1) is 21.0. The monoisotopic (exact) mass is 739 g/mol. The molecule has 0 radical (unpaired) electrons. The first-order valence-corrected chi connectivity index (χ1v) is 18.8. The third-order valence-corrected chi connectivity index (χ3v) is 11.9. The summed E-state index contributed by atoms with van der Waals surface area (Å²) in [6.07, 6.45) is 5.90. The van der Waals surface area contributed by atoms with Crippen LogP contribution in [0.4, 0.5) is 11.4 Å². The van der Waals surface area contributed by atoms with Gasteiger partial charge in [-0.15, -0.1) is 0 Å². The van der Waals surface area contributed by atoms with Crippen LogP contribution in [0, 0.1) is 0 Å². The van der Waals surface area contributed by atoms with Crippen molar-refractivity contribution in [1.82, 2.24) is 4.57 Å². The fourth-order valence-electron chi connectivity index (χ4n) is 5.34. The van der Waals surface area contributed by atoms with Crippen LogP contribution in [0.5, 0.6) is 0 Å². The van der Waals surface area contributed by atoms with Crippen LogP contribution in [-0.4, -0.2) is 54.1 Å². The highest BCUT2D eigenvalue weighted by atomic mass is 35.5. The lowest BCUT2D eigenvalue weighted by Gasteiger charge is -2.25. The van der Waals surface area contributed by atoms with E-state index in [1.54, 1.807) is 24.3 Å². The molecule has 1 aromatic heterocycles. The van der Waals surface area contributed by atoms with Crippen molar-refractivity contribution in [3.8, 4) is 0 Å². The van der Waals surface area contributed by atoms with Gasteiger partial charge in [0, 0.05) is 37.7 Å². The molecular weight excluding hydrogens is 706 g/mol. The van der Waals surface area contributed by atoms with Crippen molar-refractivity contribution in [2.45, 2.75) is 64.1 Å². The van der Waals surface area contributed by atoms with Gasteiger partial charge in [-0.05, 0) is 52.3 Å². The van der Waals surface area contributed by atoms with Crippen LogP contribution in [0.1, 0.15) is 46.4 Å². The van der Waals surface area contributed by atoms with E-state index in [2.05, 4.69) is 0 Å². The number of aromatic nitrogens is 2. The van der Waals surface area contributed by atoms with Crippen LogP contribution in [0.15, 0.2) is 42.2 Å². The number of benzene rings is 2. The number of hydrogen-bond donors (Lipinski definition) is 2. The number of imidazole rings is 1. The van der Waals surface area contributed by atoms with E-state index < -0.39 is 30.7 Å². The summed E-state index contributed by atoms with van der Waals surface area (Å²) >= 11 is 25.5. The van der Waals surface area contributed by atoms with E-state index in [1.165, 1.54) is 13.8 Å². The van der Waals surface area contributed by atoms with Gasteiger partial charge in [0.15, 0.2) is 11.0 Å². The molecule has 0 fully saturated rings. The molecule has 3 aromatic rings. The van der Waals surface area contributed by atoms with Crippen molar-refractivity contribution in [2.75, 3.05) is 22.9 Å². The molecule has 0 saturated heterocycles. The zero-order chi connectivity index (χ0) is 33.4. The molecule has 16 heteroatoms. The Kier molecular flexibility index (Phi) is 11.1. The van der Waals surface area contributed by atoms with Gasteiger partial charge >= 0.3 is 0 Å². The lowest BCUT2D eigenvalue weighted by molar-refractivity contribution is -0.674. The van der Waals surface area contributed by atoms with Crippen molar-refractivity contribution in [1.29, 1.82) is 0 Å². The molecular formula is C29H35Cl4N4O6S2+. The first kappa shape index (κ1) is 35.8. The first-order valence-electron chi connectivity index (χ1n) is 14.3. The third kappa shape index (κ3) is 7.59. The fourth-order valence-corrected chi connectivity index (χ4v) is 6.77. The number of aryl methyl sites for hydroxylation is 2. The molecule has 0 bridgehead atoms. The number of allylic oxidation sites excluding steroid dienone is 2. The Morgan fingerprint density at radius 3 is 1.89 bits per heavy atom. The van der Waals surface area contributed by atoms with Gasteiger partial charge in [-0.2, -0.15) is 16.8 Å². The topological polar surface area (TPSA) is 124 Å². The number of rotatable bonds is 12. The van der Waals surface area contributed by atoms with Crippen LogP contribution in [-0.2, 0) is 33.3 Å². The van der Waals surface area contributed by atoms with E-state index in [0.717, 1.165) is 34.1 Å². The highest BCUT2D eigenvalue weighted by Gasteiger charge is 2.32. The molecule has 0 aliphatic carbocycles. The number of halogens is 4. The van der Waals surface area contributed by atoms with Gasteiger partial charge in [0.05, 0.1) is 55.1 Å². The van der Waals surface area contributed by atoms with Crippen molar-refractivity contribution >= 4 is 95.1 Å². The van der Waals surface area contributed by atoms with Crippen molar-refractivity contribution in [3.63, 3.8) is 0 Å². The molecule has 0 spiro atoms. The Morgan fingerprint density at radius 2 is 1.33 bits per heavy atom. The summed E-state index contributed by atoms with van der Waals surface area (Å²) in [7, 11) is -8.45. The number of fused-ring (bicyclic) bond motifs is 2. The van der Waals surface area contributed by atoms with Gasteiger partial charge in [-0.25, -0.2) is 9.13 Å². The van der Waals surface area contributed by atoms with E-state index >= 15 is 0 Å². The van der Waals surface area contributed by atoms with Crippen LogP contribution in [0.25, 0.3) is 17.1 Å². The smallest absolute Gasteiger partial charge is 0.282 e. The normalized spacial score (nSPS) is 16.4. The quantitative estimate of drug-likeness (QED) is 0.149. The van der Waals surface area contributed by atoms with E-state index in [9.17, 15) is 25.9 Å². The summed E-state index contributed by atoms with van der Waals surface area (Å²) in [5, 5.41) is -0.524. The molecule has 2 unspecified atom stereocenters. The predicted octanol–water partition coefficient (Wildman–Crippen LogP) is 7.10. The summed E-state index contributed by atoms with van der Waals surface area (Å²) in [6, 6.07) is 6.99. The standard InChI is InChI=1S/C29H34Cl4N4O6S2/c1-5-34-24-14-20(30)22(32)16-26(24)36(12-10-18(3)44(38,39)40)28(34)8-7-9-29-35(6-2)25-15-21(31)23(33)17-27(25)37(29)13-11-19(4)45(41,42)43/h7-9,14-19H,5-6,10-13H2,1-4H3,(H-,38,39,40,41,42,43)/p+1. The van der Waals surface area contributed by atoms with Crippen molar-refractivity contribution in [3.05, 3.63) is 68.2 Å². The minimum absolute atomic E-state index is 0.147. The Hall–Kier alpha value is -2.03. The second-order valence-corrected chi connectivity index (χ2v) is 16.1. The van der Waals surface area contributed by atoms with E-state index in [1.807, 2.05) is 51.0 Å². The summed E-state index contributed by atoms with van der Waals surface area (Å²) in [6.45, 7) is 8.51. The molecule has 1 aliphatic heterocycles.